The number of ether oxygens (including phenoxy) is 1. The van der Waals surface area contributed by atoms with Crippen LogP contribution in [0.1, 0.15) is 5.56 Å². The summed E-state index contributed by atoms with van der Waals surface area (Å²) in [6, 6.07) is 5.63. The van der Waals surface area contributed by atoms with Crippen LogP contribution in [0.4, 0.5) is 8.78 Å². The van der Waals surface area contributed by atoms with Gasteiger partial charge in [0, 0.05) is 16.6 Å². The summed E-state index contributed by atoms with van der Waals surface area (Å²) in [6.07, 6.45) is 1.03. The van der Waals surface area contributed by atoms with Gasteiger partial charge in [0.2, 0.25) is 5.88 Å². The summed E-state index contributed by atoms with van der Waals surface area (Å²) in [5, 5.41) is 2.87. The molecule has 0 fully saturated rings. The average molecular weight is 329 g/mol. The van der Waals surface area contributed by atoms with Crippen molar-refractivity contribution >= 4 is 15.9 Å². The Morgan fingerprint density at radius 2 is 2.11 bits per heavy atom. The SMILES string of the molecule is CNCc1cc(F)cnc1Oc1cc(Br)ccc1F. The number of aromatic nitrogens is 1. The van der Waals surface area contributed by atoms with Crippen molar-refractivity contribution in [1.29, 1.82) is 0 Å². The molecule has 2 aromatic rings. The maximum atomic E-state index is 13.6. The van der Waals surface area contributed by atoms with Crippen molar-refractivity contribution in [3.05, 3.63) is 52.1 Å². The molecule has 0 unspecified atom stereocenters. The fourth-order valence-electron chi connectivity index (χ4n) is 1.54. The monoisotopic (exact) mass is 328 g/mol. The molecule has 3 nitrogen and oxygen atoms in total. The molecule has 1 N–H and O–H groups in total. The summed E-state index contributed by atoms with van der Waals surface area (Å²) < 4.78 is 32.8. The molecule has 0 aliphatic rings. The van der Waals surface area contributed by atoms with Gasteiger partial charge in [0.1, 0.15) is 5.82 Å². The fraction of sp³-hybridized carbons (Fsp3) is 0.154. The van der Waals surface area contributed by atoms with Gasteiger partial charge in [0.25, 0.3) is 0 Å². The second-order valence-electron chi connectivity index (χ2n) is 3.82. The summed E-state index contributed by atoms with van der Waals surface area (Å²) in [7, 11) is 1.72. The van der Waals surface area contributed by atoms with Crippen LogP contribution in [-0.2, 0) is 6.54 Å². The Labute approximate surface area is 117 Å². The minimum atomic E-state index is -0.510. The Kier molecular flexibility index (Phi) is 4.44. The van der Waals surface area contributed by atoms with Crippen molar-refractivity contribution in [1.82, 2.24) is 10.3 Å². The van der Waals surface area contributed by atoms with Crippen LogP contribution in [0.3, 0.4) is 0 Å². The highest BCUT2D eigenvalue weighted by molar-refractivity contribution is 9.10. The van der Waals surface area contributed by atoms with Crippen LogP contribution in [0.5, 0.6) is 11.6 Å². The third-order valence-electron chi connectivity index (χ3n) is 2.36. The van der Waals surface area contributed by atoms with Crippen molar-refractivity contribution < 1.29 is 13.5 Å². The van der Waals surface area contributed by atoms with E-state index in [1.54, 1.807) is 13.1 Å². The third kappa shape index (κ3) is 3.48. The molecule has 1 heterocycles. The highest BCUT2D eigenvalue weighted by Gasteiger charge is 2.11. The Bertz CT molecular complexity index is 593. The van der Waals surface area contributed by atoms with Crippen LogP contribution in [-0.4, -0.2) is 12.0 Å². The predicted octanol–water partition coefficient (Wildman–Crippen LogP) is 3.63. The van der Waals surface area contributed by atoms with Crippen molar-refractivity contribution in [2.75, 3.05) is 7.05 Å². The Hall–Kier alpha value is -1.53. The van der Waals surface area contributed by atoms with Crippen molar-refractivity contribution in [3.63, 3.8) is 0 Å². The van der Waals surface area contributed by atoms with Crippen LogP contribution in [0, 0.1) is 11.6 Å². The largest absolute Gasteiger partial charge is 0.436 e. The summed E-state index contributed by atoms with van der Waals surface area (Å²) in [4.78, 5) is 3.84. The van der Waals surface area contributed by atoms with Gasteiger partial charge in [-0.2, -0.15) is 0 Å². The summed E-state index contributed by atoms with van der Waals surface area (Å²) >= 11 is 3.23. The predicted molar refractivity (Wildman–Crippen MR) is 71.1 cm³/mol. The highest BCUT2D eigenvalue weighted by Crippen LogP contribution is 2.28. The zero-order chi connectivity index (χ0) is 13.8. The normalized spacial score (nSPS) is 10.5. The number of nitrogens with zero attached hydrogens (tertiary/aromatic N) is 1. The van der Waals surface area contributed by atoms with E-state index < -0.39 is 11.6 Å². The number of hydrogen-bond acceptors (Lipinski definition) is 3. The third-order valence-corrected chi connectivity index (χ3v) is 2.85. The van der Waals surface area contributed by atoms with E-state index in [4.69, 9.17) is 4.74 Å². The Balaban J connectivity index is 2.34. The standard InChI is InChI=1S/C13H11BrF2N2O/c1-17-6-8-4-10(15)7-18-13(8)19-12-5-9(14)2-3-11(12)16/h2-5,7,17H,6H2,1H3. The number of halogens is 3. The van der Waals surface area contributed by atoms with E-state index in [1.165, 1.54) is 18.2 Å². The summed E-state index contributed by atoms with van der Waals surface area (Å²) in [6.45, 7) is 0.371. The smallest absolute Gasteiger partial charge is 0.224 e. The average Bonchev–Trinajstić information content (AvgIpc) is 2.37. The molecule has 1 aromatic carbocycles. The van der Waals surface area contributed by atoms with E-state index in [1.807, 2.05) is 0 Å². The molecular weight excluding hydrogens is 318 g/mol. The quantitative estimate of drug-likeness (QED) is 0.930. The molecule has 0 saturated carbocycles. The van der Waals surface area contributed by atoms with Crippen molar-refractivity contribution in [3.8, 4) is 11.6 Å². The highest BCUT2D eigenvalue weighted by atomic mass is 79.9. The minimum Gasteiger partial charge on any atom is -0.436 e. The van der Waals surface area contributed by atoms with Gasteiger partial charge in [0.05, 0.1) is 6.20 Å². The lowest BCUT2D eigenvalue weighted by molar-refractivity contribution is 0.418. The van der Waals surface area contributed by atoms with E-state index >= 15 is 0 Å². The first-order chi connectivity index (χ1) is 9.10. The molecule has 0 aliphatic heterocycles. The van der Waals surface area contributed by atoms with Gasteiger partial charge in [-0.3, -0.25) is 0 Å². The second-order valence-corrected chi connectivity index (χ2v) is 4.74. The second kappa shape index (κ2) is 6.08. The molecule has 0 radical (unpaired) electrons. The number of pyridine rings is 1. The fourth-order valence-corrected chi connectivity index (χ4v) is 1.88. The lowest BCUT2D eigenvalue weighted by Gasteiger charge is -2.10. The van der Waals surface area contributed by atoms with E-state index in [9.17, 15) is 8.78 Å². The number of benzene rings is 1. The number of rotatable bonds is 4. The van der Waals surface area contributed by atoms with Gasteiger partial charge < -0.3 is 10.1 Å². The Morgan fingerprint density at radius 3 is 2.84 bits per heavy atom. The molecule has 0 spiro atoms. The maximum absolute atomic E-state index is 13.6. The topological polar surface area (TPSA) is 34.2 Å². The van der Waals surface area contributed by atoms with E-state index in [0.717, 1.165) is 6.20 Å². The van der Waals surface area contributed by atoms with Gasteiger partial charge in [-0.05, 0) is 31.3 Å². The van der Waals surface area contributed by atoms with Crippen LogP contribution in [0.2, 0.25) is 0 Å². The van der Waals surface area contributed by atoms with Crippen LogP contribution >= 0.6 is 15.9 Å². The first-order valence-electron chi connectivity index (χ1n) is 5.52. The lowest BCUT2D eigenvalue weighted by atomic mass is 10.2. The molecule has 2 rings (SSSR count). The van der Waals surface area contributed by atoms with E-state index in [0.29, 0.717) is 16.6 Å². The zero-order valence-corrected chi connectivity index (χ0v) is 11.7. The maximum Gasteiger partial charge on any atom is 0.224 e. The van der Waals surface area contributed by atoms with Crippen molar-refractivity contribution in [2.45, 2.75) is 6.54 Å². The molecular formula is C13H11BrF2N2O. The van der Waals surface area contributed by atoms with Gasteiger partial charge in [-0.1, -0.05) is 15.9 Å². The van der Waals surface area contributed by atoms with Crippen LogP contribution in [0.25, 0.3) is 0 Å². The van der Waals surface area contributed by atoms with E-state index in [-0.39, 0.29) is 11.6 Å². The molecule has 19 heavy (non-hydrogen) atoms. The molecule has 6 heteroatoms. The Morgan fingerprint density at radius 1 is 1.32 bits per heavy atom. The summed E-state index contributed by atoms with van der Waals surface area (Å²) in [5.41, 5.74) is 0.516. The molecule has 0 bridgehead atoms. The van der Waals surface area contributed by atoms with Crippen LogP contribution < -0.4 is 10.1 Å². The minimum absolute atomic E-state index is 0.0332. The van der Waals surface area contributed by atoms with Crippen molar-refractivity contribution in [2.24, 2.45) is 0 Å². The number of hydrogen-bond donors (Lipinski definition) is 1. The molecule has 0 aliphatic carbocycles. The summed E-state index contributed by atoms with van der Waals surface area (Å²) in [5.74, 6) is -0.768. The first-order valence-corrected chi connectivity index (χ1v) is 6.31. The zero-order valence-electron chi connectivity index (χ0n) is 10.1. The van der Waals surface area contributed by atoms with Gasteiger partial charge in [-0.25, -0.2) is 13.8 Å². The molecule has 0 atom stereocenters. The van der Waals surface area contributed by atoms with Crippen LogP contribution in [0.15, 0.2) is 34.9 Å². The molecule has 100 valence electrons. The van der Waals surface area contributed by atoms with Gasteiger partial charge in [-0.15, -0.1) is 0 Å². The molecule has 0 amide bonds. The first kappa shape index (κ1) is 13.9. The van der Waals surface area contributed by atoms with Gasteiger partial charge >= 0.3 is 0 Å². The lowest BCUT2D eigenvalue weighted by Crippen LogP contribution is -2.08. The molecule has 1 aromatic heterocycles. The molecule has 0 saturated heterocycles. The number of nitrogens with one attached hydrogen (secondary N) is 1. The van der Waals surface area contributed by atoms with Gasteiger partial charge in [0.15, 0.2) is 11.6 Å². The van der Waals surface area contributed by atoms with E-state index in [2.05, 4.69) is 26.2 Å².